The van der Waals surface area contributed by atoms with Gasteiger partial charge in [0.15, 0.2) is 0 Å². The smallest absolute Gasteiger partial charge is 0.0260 e. The van der Waals surface area contributed by atoms with E-state index in [0.29, 0.717) is 5.41 Å². The molecule has 1 heterocycles. The summed E-state index contributed by atoms with van der Waals surface area (Å²) in [6.45, 7) is 4.77. The average molecular weight is 275 g/mol. The first kappa shape index (κ1) is 13.5. The van der Waals surface area contributed by atoms with Crippen LogP contribution >= 0.6 is 11.8 Å². The van der Waals surface area contributed by atoms with Crippen LogP contribution in [0.5, 0.6) is 0 Å². The lowest BCUT2D eigenvalue weighted by Gasteiger charge is -2.28. The van der Waals surface area contributed by atoms with E-state index in [2.05, 4.69) is 48.3 Å². The zero-order chi connectivity index (χ0) is 13.1. The van der Waals surface area contributed by atoms with E-state index in [9.17, 15) is 0 Å². The number of fused-ring (bicyclic) bond motifs is 1. The largest absolute Gasteiger partial charge is 0.315 e. The summed E-state index contributed by atoms with van der Waals surface area (Å²) in [4.78, 5) is 1.50. The Morgan fingerprint density at radius 3 is 2.79 bits per heavy atom. The van der Waals surface area contributed by atoms with E-state index in [1.54, 1.807) is 5.56 Å². The van der Waals surface area contributed by atoms with Crippen molar-refractivity contribution in [2.24, 2.45) is 5.41 Å². The van der Waals surface area contributed by atoms with Gasteiger partial charge in [-0.25, -0.2) is 0 Å². The molecule has 1 fully saturated rings. The Morgan fingerprint density at radius 1 is 1.26 bits per heavy atom. The lowest BCUT2D eigenvalue weighted by molar-refractivity contribution is 0.269. The monoisotopic (exact) mass is 275 g/mol. The van der Waals surface area contributed by atoms with Gasteiger partial charge in [0.2, 0.25) is 0 Å². The highest BCUT2D eigenvalue weighted by Crippen LogP contribution is 2.40. The maximum absolute atomic E-state index is 3.78. The van der Waals surface area contributed by atoms with Crippen LogP contribution in [0.4, 0.5) is 0 Å². The molecule has 1 atom stereocenters. The molecule has 1 aliphatic heterocycles. The summed E-state index contributed by atoms with van der Waals surface area (Å²) < 4.78 is 0. The zero-order valence-electron chi connectivity index (χ0n) is 12.0. The number of hydrogen-bond donors (Lipinski definition) is 1. The van der Waals surface area contributed by atoms with Crippen molar-refractivity contribution < 1.29 is 0 Å². The minimum Gasteiger partial charge on any atom is -0.315 e. The molecule has 1 nitrogen and oxygen atoms in total. The molecule has 3 rings (SSSR count). The quantitative estimate of drug-likeness (QED) is 0.861. The van der Waals surface area contributed by atoms with E-state index in [1.807, 2.05) is 0 Å². The summed E-state index contributed by atoms with van der Waals surface area (Å²) in [7, 11) is 0. The molecule has 0 bridgehead atoms. The molecule has 19 heavy (non-hydrogen) atoms. The van der Waals surface area contributed by atoms with Crippen molar-refractivity contribution in [3.63, 3.8) is 0 Å². The van der Waals surface area contributed by atoms with E-state index >= 15 is 0 Å². The van der Waals surface area contributed by atoms with Crippen LogP contribution in [0.15, 0.2) is 29.2 Å². The number of rotatable bonds is 5. The van der Waals surface area contributed by atoms with Crippen molar-refractivity contribution >= 4 is 11.8 Å². The first-order chi connectivity index (χ1) is 9.31. The van der Waals surface area contributed by atoms with Crippen LogP contribution in [0.2, 0.25) is 0 Å². The predicted octanol–water partition coefficient (Wildman–Crippen LogP) is 4.26. The number of hydrogen-bond acceptors (Lipinski definition) is 2. The highest BCUT2D eigenvalue weighted by atomic mass is 32.2. The van der Waals surface area contributed by atoms with Gasteiger partial charge in [-0.3, -0.25) is 0 Å². The lowest BCUT2D eigenvalue weighted by Crippen LogP contribution is -2.35. The molecule has 1 unspecified atom stereocenters. The SMILES string of the molecule is CCC1(CNCC2Cc3ccccc3S2)CCCC1. The van der Waals surface area contributed by atoms with Crippen LogP contribution in [-0.2, 0) is 6.42 Å². The minimum absolute atomic E-state index is 0.621. The maximum Gasteiger partial charge on any atom is 0.0260 e. The second-order valence-corrected chi connectivity index (χ2v) is 7.59. The van der Waals surface area contributed by atoms with Gasteiger partial charge in [0.1, 0.15) is 0 Å². The summed E-state index contributed by atoms with van der Waals surface area (Å²) in [5.74, 6) is 0. The third kappa shape index (κ3) is 3.00. The van der Waals surface area contributed by atoms with Gasteiger partial charge >= 0.3 is 0 Å². The van der Waals surface area contributed by atoms with E-state index in [-0.39, 0.29) is 0 Å². The van der Waals surface area contributed by atoms with Gasteiger partial charge < -0.3 is 5.32 Å². The Balaban J connectivity index is 1.47. The molecule has 0 saturated heterocycles. The Labute approximate surface area is 121 Å². The molecule has 1 N–H and O–H groups in total. The fourth-order valence-corrected chi connectivity index (χ4v) is 4.93. The third-order valence-corrected chi connectivity index (χ3v) is 6.32. The van der Waals surface area contributed by atoms with Gasteiger partial charge in [-0.1, -0.05) is 38.0 Å². The van der Waals surface area contributed by atoms with Crippen molar-refractivity contribution in [2.75, 3.05) is 13.1 Å². The van der Waals surface area contributed by atoms with Crippen LogP contribution in [-0.4, -0.2) is 18.3 Å². The van der Waals surface area contributed by atoms with Crippen LogP contribution in [0.3, 0.4) is 0 Å². The Hall–Kier alpha value is -0.470. The second-order valence-electron chi connectivity index (χ2n) is 6.24. The topological polar surface area (TPSA) is 12.0 Å². The molecule has 0 spiro atoms. The number of thioether (sulfide) groups is 1. The molecule has 1 aromatic carbocycles. The maximum atomic E-state index is 3.78. The highest BCUT2D eigenvalue weighted by Gasteiger charge is 2.32. The van der Waals surface area contributed by atoms with Crippen molar-refractivity contribution in [1.29, 1.82) is 0 Å². The number of benzene rings is 1. The average Bonchev–Trinajstić information content (AvgIpc) is 3.05. The molecule has 2 heteroatoms. The van der Waals surface area contributed by atoms with Crippen molar-refractivity contribution in [3.8, 4) is 0 Å². The van der Waals surface area contributed by atoms with Gasteiger partial charge in [0.05, 0.1) is 0 Å². The summed E-state index contributed by atoms with van der Waals surface area (Å²) in [6.07, 6.45) is 8.35. The Morgan fingerprint density at radius 2 is 2.05 bits per heavy atom. The van der Waals surface area contributed by atoms with Gasteiger partial charge in [0, 0.05) is 23.2 Å². The molecule has 0 radical (unpaired) electrons. The number of nitrogens with one attached hydrogen (secondary N) is 1. The summed E-state index contributed by atoms with van der Waals surface area (Å²) in [6, 6.07) is 8.88. The normalized spacial score (nSPS) is 24.6. The molecule has 2 aliphatic rings. The first-order valence-electron chi connectivity index (χ1n) is 7.77. The summed E-state index contributed by atoms with van der Waals surface area (Å²) in [5.41, 5.74) is 2.17. The second kappa shape index (κ2) is 5.88. The van der Waals surface area contributed by atoms with Crippen LogP contribution < -0.4 is 5.32 Å². The van der Waals surface area contributed by atoms with Gasteiger partial charge in [-0.15, -0.1) is 11.8 Å². The van der Waals surface area contributed by atoms with Crippen molar-refractivity contribution in [3.05, 3.63) is 29.8 Å². The fourth-order valence-electron chi connectivity index (χ4n) is 3.65. The van der Waals surface area contributed by atoms with Crippen molar-refractivity contribution in [2.45, 2.75) is 55.6 Å². The third-order valence-electron chi connectivity index (χ3n) is 5.00. The predicted molar refractivity (Wildman–Crippen MR) is 83.9 cm³/mol. The molecule has 104 valence electrons. The molecule has 1 saturated carbocycles. The zero-order valence-corrected chi connectivity index (χ0v) is 12.8. The van der Waals surface area contributed by atoms with Crippen LogP contribution in [0.1, 0.15) is 44.6 Å². The molecular weight excluding hydrogens is 250 g/mol. The van der Waals surface area contributed by atoms with Crippen molar-refractivity contribution in [1.82, 2.24) is 5.32 Å². The molecule has 1 aromatic rings. The molecule has 1 aliphatic carbocycles. The van der Waals surface area contributed by atoms with E-state index < -0.39 is 0 Å². The van der Waals surface area contributed by atoms with Crippen LogP contribution in [0.25, 0.3) is 0 Å². The Kier molecular flexibility index (Phi) is 4.18. The minimum atomic E-state index is 0.621. The van der Waals surface area contributed by atoms with E-state index in [1.165, 1.54) is 56.5 Å². The van der Waals surface area contributed by atoms with Gasteiger partial charge in [-0.2, -0.15) is 0 Å². The first-order valence-corrected chi connectivity index (χ1v) is 8.65. The Bertz CT molecular complexity index is 398. The van der Waals surface area contributed by atoms with E-state index in [4.69, 9.17) is 0 Å². The molecular formula is C17H25NS. The van der Waals surface area contributed by atoms with Crippen LogP contribution in [0, 0.1) is 5.41 Å². The molecule has 0 aromatic heterocycles. The summed E-state index contributed by atoms with van der Waals surface area (Å²) in [5, 5.41) is 4.52. The fraction of sp³-hybridized carbons (Fsp3) is 0.647. The van der Waals surface area contributed by atoms with Gasteiger partial charge in [0.25, 0.3) is 0 Å². The summed E-state index contributed by atoms with van der Waals surface area (Å²) >= 11 is 2.06. The van der Waals surface area contributed by atoms with E-state index in [0.717, 1.165) is 5.25 Å². The lowest BCUT2D eigenvalue weighted by atomic mass is 9.83. The molecule has 0 amide bonds. The highest BCUT2D eigenvalue weighted by molar-refractivity contribution is 8.00. The van der Waals surface area contributed by atoms with Gasteiger partial charge in [-0.05, 0) is 42.7 Å². The standard InChI is InChI=1S/C17H25NS/c1-2-17(9-5-6-10-17)13-18-12-15-11-14-7-3-4-8-16(14)19-15/h3-4,7-8,15,18H,2,5-6,9-13H2,1H3.